The van der Waals surface area contributed by atoms with Crippen molar-refractivity contribution in [2.24, 2.45) is 4.99 Å². The Balaban J connectivity index is 2.73. The van der Waals surface area contributed by atoms with Crippen LogP contribution < -0.4 is 5.32 Å². The molecule has 1 aromatic carbocycles. The van der Waals surface area contributed by atoms with Gasteiger partial charge in [-0.15, -0.1) is 0 Å². The standard InChI is InChI=1S/C10H12N2O2/c1-11-7-12-9-5-3-8(4-6-9)10(13)14-2/h3-7H,1-2H3,(H,11,12). The molecule has 0 amide bonds. The molecule has 0 saturated heterocycles. The smallest absolute Gasteiger partial charge is 0.337 e. The predicted molar refractivity (Wildman–Crippen MR) is 55.8 cm³/mol. The van der Waals surface area contributed by atoms with Crippen LogP contribution in [0.5, 0.6) is 0 Å². The summed E-state index contributed by atoms with van der Waals surface area (Å²) in [7, 11) is 3.04. The van der Waals surface area contributed by atoms with Gasteiger partial charge in [0.05, 0.1) is 19.0 Å². The van der Waals surface area contributed by atoms with Crippen molar-refractivity contribution in [2.75, 3.05) is 19.5 Å². The van der Waals surface area contributed by atoms with Gasteiger partial charge < -0.3 is 10.1 Å². The number of methoxy groups -OCH3 is 1. The maximum atomic E-state index is 11.1. The average Bonchev–Trinajstić information content (AvgIpc) is 2.26. The highest BCUT2D eigenvalue weighted by Gasteiger charge is 2.03. The maximum absolute atomic E-state index is 11.1. The first-order chi connectivity index (χ1) is 6.77. The summed E-state index contributed by atoms with van der Waals surface area (Å²) in [4.78, 5) is 14.8. The van der Waals surface area contributed by atoms with Crippen LogP contribution in [0, 0.1) is 0 Å². The second-order valence-electron chi connectivity index (χ2n) is 2.60. The average molecular weight is 192 g/mol. The fraction of sp³-hybridized carbons (Fsp3) is 0.200. The van der Waals surface area contributed by atoms with E-state index in [0.29, 0.717) is 5.56 Å². The van der Waals surface area contributed by atoms with Crippen molar-refractivity contribution < 1.29 is 9.53 Å². The van der Waals surface area contributed by atoms with E-state index < -0.39 is 0 Å². The minimum Gasteiger partial charge on any atom is -0.465 e. The van der Waals surface area contributed by atoms with Crippen LogP contribution in [0.2, 0.25) is 0 Å². The summed E-state index contributed by atoms with van der Waals surface area (Å²) in [6.45, 7) is 0. The molecule has 4 nitrogen and oxygen atoms in total. The van der Waals surface area contributed by atoms with Gasteiger partial charge in [-0.3, -0.25) is 4.99 Å². The lowest BCUT2D eigenvalue weighted by Gasteiger charge is -2.01. The highest BCUT2D eigenvalue weighted by molar-refractivity contribution is 5.90. The molecule has 0 radical (unpaired) electrons. The van der Waals surface area contributed by atoms with Crippen LogP contribution >= 0.6 is 0 Å². The van der Waals surface area contributed by atoms with E-state index in [2.05, 4.69) is 15.0 Å². The molecule has 0 aliphatic heterocycles. The number of nitrogens with zero attached hydrogens (tertiary/aromatic N) is 1. The topological polar surface area (TPSA) is 50.7 Å². The largest absolute Gasteiger partial charge is 0.465 e. The molecule has 0 aromatic heterocycles. The van der Waals surface area contributed by atoms with E-state index >= 15 is 0 Å². The molecule has 1 aromatic rings. The fourth-order valence-corrected chi connectivity index (χ4v) is 0.959. The van der Waals surface area contributed by atoms with Gasteiger partial charge in [-0.05, 0) is 24.3 Å². The number of hydrogen-bond donors (Lipinski definition) is 1. The minimum absolute atomic E-state index is 0.333. The molecule has 14 heavy (non-hydrogen) atoms. The molecule has 1 N–H and O–H groups in total. The van der Waals surface area contributed by atoms with Crippen LogP contribution in [-0.2, 0) is 4.74 Å². The summed E-state index contributed by atoms with van der Waals surface area (Å²) in [5, 5.41) is 2.93. The molecule has 1 rings (SSSR count). The quantitative estimate of drug-likeness (QED) is 0.449. The van der Waals surface area contributed by atoms with Gasteiger partial charge in [0, 0.05) is 12.7 Å². The van der Waals surface area contributed by atoms with E-state index in [-0.39, 0.29) is 5.97 Å². The molecule has 0 aliphatic rings. The second-order valence-corrected chi connectivity index (χ2v) is 2.60. The van der Waals surface area contributed by atoms with E-state index in [1.807, 2.05) is 0 Å². The third-order valence-corrected chi connectivity index (χ3v) is 1.67. The zero-order chi connectivity index (χ0) is 10.4. The lowest BCUT2D eigenvalue weighted by Crippen LogP contribution is -2.01. The van der Waals surface area contributed by atoms with Crippen molar-refractivity contribution >= 4 is 18.0 Å². The Morgan fingerprint density at radius 3 is 2.57 bits per heavy atom. The van der Waals surface area contributed by atoms with Gasteiger partial charge in [-0.25, -0.2) is 4.79 Å². The van der Waals surface area contributed by atoms with Crippen LogP contribution in [-0.4, -0.2) is 26.5 Å². The number of carbonyl (C=O) groups is 1. The maximum Gasteiger partial charge on any atom is 0.337 e. The van der Waals surface area contributed by atoms with Crippen molar-refractivity contribution in [3.63, 3.8) is 0 Å². The number of ether oxygens (including phenoxy) is 1. The minimum atomic E-state index is -0.333. The Morgan fingerprint density at radius 1 is 1.43 bits per heavy atom. The van der Waals surface area contributed by atoms with Gasteiger partial charge in [-0.2, -0.15) is 0 Å². The lowest BCUT2D eigenvalue weighted by atomic mass is 10.2. The van der Waals surface area contributed by atoms with E-state index in [9.17, 15) is 4.79 Å². The zero-order valence-electron chi connectivity index (χ0n) is 8.15. The Labute approximate surface area is 82.6 Å². The molecule has 0 bridgehead atoms. The van der Waals surface area contributed by atoms with E-state index in [1.165, 1.54) is 7.11 Å². The van der Waals surface area contributed by atoms with E-state index in [0.717, 1.165) is 5.69 Å². The van der Waals surface area contributed by atoms with Crippen molar-refractivity contribution in [1.82, 2.24) is 0 Å². The molecular formula is C10H12N2O2. The van der Waals surface area contributed by atoms with Crippen LogP contribution in [0.4, 0.5) is 5.69 Å². The molecule has 4 heteroatoms. The molecular weight excluding hydrogens is 180 g/mol. The number of esters is 1. The highest BCUT2D eigenvalue weighted by atomic mass is 16.5. The van der Waals surface area contributed by atoms with Crippen LogP contribution in [0.3, 0.4) is 0 Å². The summed E-state index contributed by atoms with van der Waals surface area (Å²) < 4.78 is 4.57. The zero-order valence-corrected chi connectivity index (χ0v) is 8.15. The van der Waals surface area contributed by atoms with Crippen molar-refractivity contribution in [2.45, 2.75) is 0 Å². The summed E-state index contributed by atoms with van der Waals surface area (Å²) in [6, 6.07) is 6.96. The Morgan fingerprint density at radius 2 is 2.07 bits per heavy atom. The first-order valence-corrected chi connectivity index (χ1v) is 4.13. The van der Waals surface area contributed by atoms with Crippen molar-refractivity contribution in [1.29, 1.82) is 0 Å². The summed E-state index contributed by atoms with van der Waals surface area (Å²) in [6.07, 6.45) is 1.58. The number of nitrogens with one attached hydrogen (secondary N) is 1. The number of benzene rings is 1. The summed E-state index contributed by atoms with van der Waals surface area (Å²) >= 11 is 0. The molecule has 0 unspecified atom stereocenters. The van der Waals surface area contributed by atoms with Crippen molar-refractivity contribution in [3.05, 3.63) is 29.8 Å². The predicted octanol–water partition coefficient (Wildman–Crippen LogP) is 1.54. The van der Waals surface area contributed by atoms with Crippen LogP contribution in [0.15, 0.2) is 29.3 Å². The third kappa shape index (κ3) is 2.58. The Kier molecular flexibility index (Phi) is 3.67. The van der Waals surface area contributed by atoms with Crippen LogP contribution in [0.1, 0.15) is 10.4 Å². The van der Waals surface area contributed by atoms with Gasteiger partial charge in [0.15, 0.2) is 0 Å². The first-order valence-electron chi connectivity index (χ1n) is 4.13. The SMILES string of the molecule is CN=CNc1ccc(C(=O)OC)cc1. The Bertz CT molecular complexity index is 330. The third-order valence-electron chi connectivity index (χ3n) is 1.67. The molecule has 74 valence electrons. The Hall–Kier alpha value is -1.84. The molecule has 0 saturated carbocycles. The fourth-order valence-electron chi connectivity index (χ4n) is 0.959. The van der Waals surface area contributed by atoms with Crippen molar-refractivity contribution in [3.8, 4) is 0 Å². The molecule has 0 aliphatic carbocycles. The number of hydrogen-bond acceptors (Lipinski definition) is 3. The molecule has 0 atom stereocenters. The van der Waals surface area contributed by atoms with Gasteiger partial charge in [-0.1, -0.05) is 0 Å². The normalized spacial score (nSPS) is 10.1. The first kappa shape index (κ1) is 10.2. The van der Waals surface area contributed by atoms with Gasteiger partial charge in [0.2, 0.25) is 0 Å². The molecule has 0 heterocycles. The highest BCUT2D eigenvalue weighted by Crippen LogP contribution is 2.09. The lowest BCUT2D eigenvalue weighted by molar-refractivity contribution is 0.0601. The molecule has 0 fully saturated rings. The molecule has 0 spiro atoms. The number of anilines is 1. The van der Waals surface area contributed by atoms with Gasteiger partial charge in [0.25, 0.3) is 0 Å². The monoisotopic (exact) mass is 192 g/mol. The van der Waals surface area contributed by atoms with E-state index in [1.54, 1.807) is 37.7 Å². The summed E-state index contributed by atoms with van der Waals surface area (Å²) in [5.41, 5.74) is 1.41. The summed E-state index contributed by atoms with van der Waals surface area (Å²) in [5.74, 6) is -0.333. The number of carbonyl (C=O) groups excluding carboxylic acids is 1. The second kappa shape index (κ2) is 5.01. The van der Waals surface area contributed by atoms with Crippen LogP contribution in [0.25, 0.3) is 0 Å². The number of aliphatic imine (C=N–C) groups is 1. The van der Waals surface area contributed by atoms with Gasteiger partial charge >= 0.3 is 5.97 Å². The number of rotatable bonds is 3. The van der Waals surface area contributed by atoms with E-state index in [4.69, 9.17) is 0 Å². The van der Waals surface area contributed by atoms with Gasteiger partial charge in [0.1, 0.15) is 0 Å².